The van der Waals surface area contributed by atoms with E-state index in [2.05, 4.69) is 5.32 Å². The molecule has 0 atom stereocenters. The molecule has 4 heteroatoms. The molecule has 0 aliphatic carbocycles. The van der Waals surface area contributed by atoms with E-state index in [0.717, 1.165) is 12.1 Å². The number of aliphatic hydroxyl groups excluding tert-OH is 1. The van der Waals surface area contributed by atoms with Crippen molar-refractivity contribution in [2.75, 3.05) is 17.7 Å². The van der Waals surface area contributed by atoms with Crippen LogP contribution in [0.15, 0.2) is 23.1 Å². The van der Waals surface area contributed by atoms with E-state index in [1.807, 2.05) is 30.0 Å². The van der Waals surface area contributed by atoms with Gasteiger partial charge in [0.25, 0.3) is 0 Å². The Bertz CT molecular complexity index is 379. The van der Waals surface area contributed by atoms with E-state index in [4.69, 9.17) is 5.11 Å². The van der Waals surface area contributed by atoms with Crippen LogP contribution in [0.1, 0.15) is 12.0 Å². The SMILES string of the molecule is O=C(CO)Nc1ccc2c(c1)CCCS2. The fourth-order valence-corrected chi connectivity index (χ4v) is 2.66. The van der Waals surface area contributed by atoms with E-state index in [0.29, 0.717) is 0 Å². The number of anilines is 1. The molecular weight excluding hydrogens is 210 g/mol. The maximum Gasteiger partial charge on any atom is 0.250 e. The van der Waals surface area contributed by atoms with Crippen molar-refractivity contribution in [2.24, 2.45) is 0 Å². The van der Waals surface area contributed by atoms with E-state index < -0.39 is 6.61 Å². The predicted molar refractivity (Wildman–Crippen MR) is 61.2 cm³/mol. The number of hydrogen-bond acceptors (Lipinski definition) is 3. The first-order valence-electron chi connectivity index (χ1n) is 4.96. The molecule has 2 N–H and O–H groups in total. The summed E-state index contributed by atoms with van der Waals surface area (Å²) in [5.74, 6) is 0.813. The lowest BCUT2D eigenvalue weighted by atomic mass is 10.1. The van der Waals surface area contributed by atoms with Gasteiger partial charge >= 0.3 is 0 Å². The summed E-state index contributed by atoms with van der Waals surface area (Å²) in [7, 11) is 0. The number of carbonyl (C=O) groups excluding carboxylic acids is 1. The molecule has 0 spiro atoms. The van der Waals surface area contributed by atoms with Gasteiger partial charge in [0.15, 0.2) is 0 Å². The Morgan fingerprint density at radius 2 is 2.40 bits per heavy atom. The van der Waals surface area contributed by atoms with Gasteiger partial charge in [-0.2, -0.15) is 0 Å². The maximum atomic E-state index is 11.0. The Labute approximate surface area is 92.9 Å². The van der Waals surface area contributed by atoms with Crippen LogP contribution in [-0.4, -0.2) is 23.4 Å². The molecule has 3 nitrogen and oxygen atoms in total. The average Bonchev–Trinajstić information content (AvgIpc) is 2.29. The standard InChI is InChI=1S/C11H13NO2S/c13-7-11(14)12-9-3-4-10-8(6-9)2-1-5-15-10/h3-4,6,13H,1-2,5,7H2,(H,12,14). The third kappa shape index (κ3) is 2.52. The maximum absolute atomic E-state index is 11.0. The first-order chi connectivity index (χ1) is 7.29. The summed E-state index contributed by atoms with van der Waals surface area (Å²) in [6.45, 7) is -0.466. The number of carbonyl (C=O) groups is 1. The van der Waals surface area contributed by atoms with Crippen LogP contribution < -0.4 is 5.32 Å². The molecule has 1 amide bonds. The zero-order valence-electron chi connectivity index (χ0n) is 8.32. The average molecular weight is 223 g/mol. The van der Waals surface area contributed by atoms with Crippen LogP contribution in [0.5, 0.6) is 0 Å². The Hall–Kier alpha value is -1.00. The Kier molecular flexibility index (Phi) is 3.28. The summed E-state index contributed by atoms with van der Waals surface area (Å²) in [5, 5.41) is 11.3. The summed E-state index contributed by atoms with van der Waals surface area (Å²) in [4.78, 5) is 12.3. The second-order valence-corrected chi connectivity index (χ2v) is 4.62. The predicted octanol–water partition coefficient (Wildman–Crippen LogP) is 1.66. The second-order valence-electron chi connectivity index (χ2n) is 3.48. The van der Waals surface area contributed by atoms with E-state index in [-0.39, 0.29) is 5.91 Å². The van der Waals surface area contributed by atoms with Gasteiger partial charge in [-0.25, -0.2) is 0 Å². The molecule has 0 radical (unpaired) electrons. The molecule has 0 bridgehead atoms. The minimum absolute atomic E-state index is 0.363. The smallest absolute Gasteiger partial charge is 0.250 e. The highest BCUT2D eigenvalue weighted by Gasteiger charge is 2.10. The molecule has 0 fully saturated rings. The van der Waals surface area contributed by atoms with Gasteiger partial charge in [-0.15, -0.1) is 11.8 Å². The third-order valence-corrected chi connectivity index (χ3v) is 3.54. The molecule has 0 unspecified atom stereocenters. The van der Waals surface area contributed by atoms with Gasteiger partial charge in [-0.3, -0.25) is 4.79 Å². The van der Waals surface area contributed by atoms with Crippen LogP contribution in [0, 0.1) is 0 Å². The summed E-state index contributed by atoms with van der Waals surface area (Å²) < 4.78 is 0. The molecule has 80 valence electrons. The first-order valence-corrected chi connectivity index (χ1v) is 5.94. The number of aliphatic hydroxyl groups is 1. The minimum atomic E-state index is -0.466. The quantitative estimate of drug-likeness (QED) is 0.801. The second kappa shape index (κ2) is 4.68. The highest BCUT2D eigenvalue weighted by Crippen LogP contribution is 2.31. The van der Waals surface area contributed by atoms with Crippen molar-refractivity contribution < 1.29 is 9.90 Å². The molecule has 1 aliphatic heterocycles. The summed E-state index contributed by atoms with van der Waals surface area (Å²) in [6, 6.07) is 5.91. The monoisotopic (exact) mass is 223 g/mol. The Morgan fingerprint density at radius 1 is 1.53 bits per heavy atom. The highest BCUT2D eigenvalue weighted by atomic mass is 32.2. The van der Waals surface area contributed by atoms with E-state index in [1.165, 1.54) is 22.6 Å². The molecule has 0 aromatic heterocycles. The van der Waals surface area contributed by atoms with Crippen molar-refractivity contribution in [3.63, 3.8) is 0 Å². The number of nitrogens with one attached hydrogen (secondary N) is 1. The largest absolute Gasteiger partial charge is 0.387 e. The van der Waals surface area contributed by atoms with Crippen molar-refractivity contribution in [3.8, 4) is 0 Å². The number of aryl methyl sites for hydroxylation is 1. The molecular formula is C11H13NO2S. The van der Waals surface area contributed by atoms with Crippen LogP contribution in [-0.2, 0) is 11.2 Å². The number of benzene rings is 1. The van der Waals surface area contributed by atoms with Gasteiger partial charge in [0, 0.05) is 10.6 Å². The molecule has 0 saturated carbocycles. The van der Waals surface area contributed by atoms with E-state index in [1.54, 1.807) is 0 Å². The molecule has 15 heavy (non-hydrogen) atoms. The summed E-state index contributed by atoms with van der Waals surface area (Å²) >= 11 is 1.86. The zero-order chi connectivity index (χ0) is 10.7. The van der Waals surface area contributed by atoms with Crippen LogP contribution in [0.3, 0.4) is 0 Å². The van der Waals surface area contributed by atoms with Gasteiger partial charge in [0.2, 0.25) is 5.91 Å². The van der Waals surface area contributed by atoms with Crippen molar-refractivity contribution in [1.82, 2.24) is 0 Å². The molecule has 1 aromatic carbocycles. The van der Waals surface area contributed by atoms with Gasteiger partial charge in [0.1, 0.15) is 6.61 Å². The fraction of sp³-hybridized carbons (Fsp3) is 0.364. The Balaban J connectivity index is 2.17. The van der Waals surface area contributed by atoms with Crippen molar-refractivity contribution in [1.29, 1.82) is 0 Å². The van der Waals surface area contributed by atoms with Crippen LogP contribution >= 0.6 is 11.8 Å². The molecule has 1 aromatic rings. The summed E-state index contributed by atoms with van der Waals surface area (Å²) in [6.07, 6.45) is 2.26. The van der Waals surface area contributed by atoms with E-state index in [9.17, 15) is 4.79 Å². The number of fused-ring (bicyclic) bond motifs is 1. The molecule has 1 heterocycles. The molecule has 0 saturated heterocycles. The van der Waals surface area contributed by atoms with Crippen LogP contribution in [0.25, 0.3) is 0 Å². The number of hydrogen-bond donors (Lipinski definition) is 2. The van der Waals surface area contributed by atoms with Crippen LogP contribution in [0.4, 0.5) is 5.69 Å². The summed E-state index contributed by atoms with van der Waals surface area (Å²) in [5.41, 5.74) is 2.07. The van der Waals surface area contributed by atoms with Gasteiger partial charge in [-0.05, 0) is 42.4 Å². The van der Waals surface area contributed by atoms with E-state index >= 15 is 0 Å². The van der Waals surface area contributed by atoms with Crippen molar-refractivity contribution >= 4 is 23.4 Å². The first kappa shape index (κ1) is 10.5. The third-order valence-electron chi connectivity index (χ3n) is 2.34. The lowest BCUT2D eigenvalue weighted by Gasteiger charge is -2.16. The van der Waals surface area contributed by atoms with Crippen molar-refractivity contribution in [3.05, 3.63) is 23.8 Å². The van der Waals surface area contributed by atoms with Crippen LogP contribution in [0.2, 0.25) is 0 Å². The van der Waals surface area contributed by atoms with Crippen molar-refractivity contribution in [2.45, 2.75) is 17.7 Å². The highest BCUT2D eigenvalue weighted by molar-refractivity contribution is 7.99. The Morgan fingerprint density at radius 3 is 3.20 bits per heavy atom. The lowest BCUT2D eigenvalue weighted by Crippen LogP contribution is -2.15. The molecule has 2 rings (SSSR count). The van der Waals surface area contributed by atoms with Gasteiger partial charge < -0.3 is 10.4 Å². The van der Waals surface area contributed by atoms with Gasteiger partial charge in [0.05, 0.1) is 0 Å². The number of rotatable bonds is 2. The number of amides is 1. The minimum Gasteiger partial charge on any atom is -0.387 e. The number of thioether (sulfide) groups is 1. The van der Waals surface area contributed by atoms with Gasteiger partial charge in [-0.1, -0.05) is 0 Å². The normalized spacial score (nSPS) is 14.5. The topological polar surface area (TPSA) is 49.3 Å². The fourth-order valence-electron chi connectivity index (χ4n) is 1.64. The molecule has 1 aliphatic rings. The zero-order valence-corrected chi connectivity index (χ0v) is 9.14. The lowest BCUT2D eigenvalue weighted by molar-refractivity contribution is -0.118.